The van der Waals surface area contributed by atoms with Crippen LogP contribution in [0.15, 0.2) is 48.5 Å². The highest BCUT2D eigenvalue weighted by Crippen LogP contribution is 2.19. The minimum atomic E-state index is -1.83. The van der Waals surface area contributed by atoms with Crippen molar-refractivity contribution in [2.45, 2.75) is 39.9 Å². The van der Waals surface area contributed by atoms with Crippen molar-refractivity contribution >= 4 is 18.1 Å². The lowest BCUT2D eigenvalue weighted by Gasteiger charge is -2.11. The molecule has 0 heterocycles. The maximum absolute atomic E-state index is 11.3. The molecule has 0 atom stereocenters. The Morgan fingerprint density at radius 1 is 0.767 bits per heavy atom. The normalized spacial score (nSPS) is 9.53. The van der Waals surface area contributed by atoms with Gasteiger partial charge in [0.1, 0.15) is 22.6 Å². The van der Waals surface area contributed by atoms with E-state index >= 15 is 0 Å². The summed E-state index contributed by atoms with van der Waals surface area (Å²) in [7, 11) is 0. The molecule has 0 bridgehead atoms. The van der Waals surface area contributed by atoms with Crippen molar-refractivity contribution in [3.05, 3.63) is 59.7 Å². The van der Waals surface area contributed by atoms with Crippen LogP contribution < -0.4 is 4.74 Å². The molecule has 0 aromatic heterocycles. The number of hydrogen-bond acceptors (Lipinski definition) is 6. The van der Waals surface area contributed by atoms with Crippen molar-refractivity contribution in [3.8, 4) is 11.5 Å². The molecule has 0 amide bonds. The third kappa shape index (κ3) is 11.2. The van der Waals surface area contributed by atoms with Gasteiger partial charge in [0.05, 0.1) is 12.2 Å². The minimum Gasteiger partial charge on any atom is -0.507 e. The molecule has 0 aliphatic rings. The monoisotopic (exact) mass is 422 g/mol. The molecule has 2 aromatic carbocycles. The molecule has 9 heteroatoms. The average molecular weight is 422 g/mol. The Kier molecular flexibility index (Phi) is 11.8. The molecule has 30 heavy (non-hydrogen) atoms. The van der Waals surface area contributed by atoms with Crippen molar-refractivity contribution in [3.63, 3.8) is 0 Å². The summed E-state index contributed by atoms with van der Waals surface area (Å²) >= 11 is 0. The molecule has 4 N–H and O–H groups in total. The number of carbonyl (C=O) groups is 3. The molecule has 2 aromatic rings. The Balaban J connectivity index is 0.000000477. The van der Waals surface area contributed by atoms with Gasteiger partial charge < -0.3 is 29.9 Å². The topological polar surface area (TPSA) is 151 Å². The van der Waals surface area contributed by atoms with E-state index in [0.717, 1.165) is 0 Å². The SMILES string of the molecule is CC(C)OC(=O)c1ccccc1O.CC(C)Oc1ccccc1C(=O)O.O=C(O)O. The Hall–Kier alpha value is -3.75. The zero-order chi connectivity index (χ0) is 23.3. The van der Waals surface area contributed by atoms with E-state index in [1.54, 1.807) is 44.2 Å². The Morgan fingerprint density at radius 2 is 1.23 bits per heavy atom. The number of carbonyl (C=O) groups excluding carboxylic acids is 1. The zero-order valence-electron chi connectivity index (χ0n) is 17.1. The summed E-state index contributed by atoms with van der Waals surface area (Å²) in [6, 6.07) is 12.9. The van der Waals surface area contributed by atoms with E-state index < -0.39 is 18.1 Å². The molecular formula is C21H26O9. The fourth-order valence-electron chi connectivity index (χ4n) is 1.92. The minimum absolute atomic E-state index is 0.0134. The van der Waals surface area contributed by atoms with E-state index in [1.807, 2.05) is 13.8 Å². The Labute approximate surface area is 174 Å². The predicted molar refractivity (Wildman–Crippen MR) is 108 cm³/mol. The van der Waals surface area contributed by atoms with E-state index in [0.29, 0.717) is 5.75 Å². The van der Waals surface area contributed by atoms with E-state index in [1.165, 1.54) is 18.2 Å². The van der Waals surface area contributed by atoms with Gasteiger partial charge in [0.15, 0.2) is 0 Å². The van der Waals surface area contributed by atoms with Gasteiger partial charge in [-0.15, -0.1) is 0 Å². The smallest absolute Gasteiger partial charge is 0.503 e. The van der Waals surface area contributed by atoms with Crippen molar-refractivity contribution < 1.29 is 44.3 Å². The molecule has 0 spiro atoms. The number of esters is 1. The Bertz CT molecular complexity index is 825. The van der Waals surface area contributed by atoms with E-state index in [-0.39, 0.29) is 29.1 Å². The van der Waals surface area contributed by atoms with Crippen LogP contribution in [-0.2, 0) is 4.74 Å². The molecule has 164 valence electrons. The van der Waals surface area contributed by atoms with E-state index in [4.69, 9.17) is 29.6 Å². The van der Waals surface area contributed by atoms with Crippen LogP contribution in [-0.4, -0.2) is 50.7 Å². The molecule has 2 rings (SSSR count). The second-order valence-electron chi connectivity index (χ2n) is 6.22. The van der Waals surface area contributed by atoms with Crippen LogP contribution in [0.1, 0.15) is 48.4 Å². The lowest BCUT2D eigenvalue weighted by molar-refractivity contribution is 0.0374. The number of carboxylic acid groups (broad SMARTS) is 3. The van der Waals surface area contributed by atoms with Crippen molar-refractivity contribution in [1.29, 1.82) is 0 Å². The highest BCUT2D eigenvalue weighted by atomic mass is 16.6. The maximum Gasteiger partial charge on any atom is 0.503 e. The third-order valence-electron chi connectivity index (χ3n) is 2.95. The van der Waals surface area contributed by atoms with Gasteiger partial charge in [-0.05, 0) is 52.0 Å². The van der Waals surface area contributed by atoms with Gasteiger partial charge in [-0.1, -0.05) is 24.3 Å². The second kappa shape index (κ2) is 13.4. The summed E-state index contributed by atoms with van der Waals surface area (Å²) in [6.07, 6.45) is -2.02. The largest absolute Gasteiger partial charge is 0.507 e. The van der Waals surface area contributed by atoms with Crippen molar-refractivity contribution in [1.82, 2.24) is 0 Å². The fourth-order valence-corrected chi connectivity index (χ4v) is 1.92. The highest BCUT2D eigenvalue weighted by molar-refractivity contribution is 5.92. The summed E-state index contributed by atoms with van der Waals surface area (Å²) < 4.78 is 10.2. The van der Waals surface area contributed by atoms with Gasteiger partial charge in [-0.25, -0.2) is 14.4 Å². The second-order valence-corrected chi connectivity index (χ2v) is 6.22. The number of carboxylic acids is 1. The number of aromatic hydroxyl groups is 1. The van der Waals surface area contributed by atoms with Crippen molar-refractivity contribution in [2.75, 3.05) is 0 Å². The summed E-state index contributed by atoms with van der Waals surface area (Å²) in [5, 5.41) is 32.0. The summed E-state index contributed by atoms with van der Waals surface area (Å²) in [6.45, 7) is 7.24. The van der Waals surface area contributed by atoms with Crippen LogP contribution >= 0.6 is 0 Å². The number of phenolic OH excluding ortho intramolecular Hbond substituents is 1. The predicted octanol–water partition coefficient (Wildman–Crippen LogP) is 4.35. The van der Waals surface area contributed by atoms with Crippen LogP contribution in [0, 0.1) is 0 Å². The number of phenols is 1. The number of rotatable bonds is 5. The lowest BCUT2D eigenvalue weighted by atomic mass is 10.2. The van der Waals surface area contributed by atoms with Crippen LogP contribution in [0.3, 0.4) is 0 Å². The summed E-state index contributed by atoms with van der Waals surface area (Å²) in [5.74, 6) is -1.08. The summed E-state index contributed by atoms with van der Waals surface area (Å²) in [5.41, 5.74) is 0.410. The molecule has 0 aliphatic carbocycles. The van der Waals surface area contributed by atoms with Gasteiger partial charge in [-0.2, -0.15) is 0 Å². The maximum atomic E-state index is 11.3. The van der Waals surface area contributed by atoms with Crippen LogP contribution in [0.5, 0.6) is 11.5 Å². The van der Waals surface area contributed by atoms with Crippen LogP contribution in [0.2, 0.25) is 0 Å². The molecule has 0 aliphatic heterocycles. The van der Waals surface area contributed by atoms with Gasteiger partial charge in [0.2, 0.25) is 0 Å². The molecule has 0 saturated carbocycles. The third-order valence-corrected chi connectivity index (χ3v) is 2.95. The van der Waals surface area contributed by atoms with Gasteiger partial charge >= 0.3 is 18.1 Å². The van der Waals surface area contributed by atoms with Gasteiger partial charge in [0, 0.05) is 0 Å². The first-order valence-electron chi connectivity index (χ1n) is 8.85. The number of ether oxygens (including phenoxy) is 2. The van der Waals surface area contributed by atoms with Crippen LogP contribution in [0.25, 0.3) is 0 Å². The average Bonchev–Trinajstić information content (AvgIpc) is 2.61. The highest BCUT2D eigenvalue weighted by Gasteiger charge is 2.12. The van der Waals surface area contributed by atoms with Gasteiger partial charge in [0.25, 0.3) is 0 Å². The summed E-state index contributed by atoms with van der Waals surface area (Å²) in [4.78, 5) is 30.6. The fraction of sp³-hybridized carbons (Fsp3) is 0.286. The molecule has 0 unspecified atom stereocenters. The molecule has 0 fully saturated rings. The molecule has 0 radical (unpaired) electrons. The van der Waals surface area contributed by atoms with E-state index in [2.05, 4.69) is 0 Å². The number of aromatic carboxylic acids is 1. The number of para-hydroxylation sites is 2. The number of benzene rings is 2. The van der Waals surface area contributed by atoms with Crippen molar-refractivity contribution in [2.24, 2.45) is 0 Å². The number of hydrogen-bond donors (Lipinski definition) is 4. The first kappa shape index (κ1) is 26.2. The van der Waals surface area contributed by atoms with Crippen LogP contribution in [0.4, 0.5) is 4.79 Å². The zero-order valence-corrected chi connectivity index (χ0v) is 17.1. The standard InChI is InChI=1S/2C10H12O3.CH2O3/c1-7(2)13-9-6-4-3-5-8(9)10(11)12;1-7(2)13-10(12)8-5-3-4-6-9(8)11;2-1(3)4/h3-7H,1-2H3,(H,11,12);3-7,11H,1-2H3;(H2,2,3,4). The quantitative estimate of drug-likeness (QED) is 0.515. The molecular weight excluding hydrogens is 396 g/mol. The first-order chi connectivity index (χ1) is 14.0. The first-order valence-corrected chi connectivity index (χ1v) is 8.85. The Morgan fingerprint density at radius 3 is 1.67 bits per heavy atom. The van der Waals surface area contributed by atoms with E-state index in [9.17, 15) is 14.7 Å². The molecule has 0 saturated heterocycles. The lowest BCUT2D eigenvalue weighted by Crippen LogP contribution is -2.11. The molecule has 9 nitrogen and oxygen atoms in total. The van der Waals surface area contributed by atoms with Gasteiger partial charge in [-0.3, -0.25) is 0 Å².